The van der Waals surface area contributed by atoms with Gasteiger partial charge in [0.05, 0.1) is 0 Å². The predicted octanol–water partition coefficient (Wildman–Crippen LogP) is 2.77. The number of carbonyl (C=O) groups is 1. The zero-order chi connectivity index (χ0) is 12.3. The highest BCUT2D eigenvalue weighted by Gasteiger charge is 2.27. The van der Waals surface area contributed by atoms with Crippen molar-refractivity contribution in [2.45, 2.75) is 25.8 Å². The Kier molecular flexibility index (Phi) is 3.47. The zero-order valence-electron chi connectivity index (χ0n) is 9.97. The van der Waals surface area contributed by atoms with Gasteiger partial charge in [0.25, 0.3) is 0 Å². The molecule has 3 nitrogen and oxygen atoms in total. The van der Waals surface area contributed by atoms with E-state index in [9.17, 15) is 4.79 Å². The maximum atomic E-state index is 10.4. The molecule has 17 heavy (non-hydrogen) atoms. The van der Waals surface area contributed by atoms with E-state index >= 15 is 0 Å². The van der Waals surface area contributed by atoms with Crippen molar-refractivity contribution < 1.29 is 9.90 Å². The fraction of sp³-hybridized carbons (Fsp3) is 0.357. The van der Waals surface area contributed by atoms with Crippen LogP contribution < -0.4 is 4.90 Å². The molecule has 0 radical (unpaired) electrons. The largest absolute Gasteiger partial charge is 0.478 e. The van der Waals surface area contributed by atoms with Crippen molar-refractivity contribution in [1.82, 2.24) is 0 Å². The molecule has 1 fully saturated rings. The number of aliphatic carboxylic acids is 1. The number of carboxylic acids is 1. The van der Waals surface area contributed by atoms with Crippen LogP contribution in [0.1, 0.15) is 25.3 Å². The van der Waals surface area contributed by atoms with Crippen LogP contribution in [0.15, 0.2) is 30.3 Å². The van der Waals surface area contributed by atoms with Gasteiger partial charge in [-0.15, -0.1) is 0 Å². The SMILES string of the molecule is CCN(c1ccc(/C=C/C(=O)O)cc1)C1CC1. The molecule has 0 bridgehead atoms. The van der Waals surface area contributed by atoms with E-state index in [1.807, 2.05) is 12.1 Å². The molecule has 3 heteroatoms. The van der Waals surface area contributed by atoms with E-state index in [0.29, 0.717) is 6.04 Å². The van der Waals surface area contributed by atoms with E-state index < -0.39 is 5.97 Å². The van der Waals surface area contributed by atoms with Gasteiger partial charge >= 0.3 is 5.97 Å². The Labute approximate surface area is 101 Å². The number of hydrogen-bond donors (Lipinski definition) is 1. The Bertz CT molecular complexity index is 418. The molecule has 1 aliphatic carbocycles. The quantitative estimate of drug-likeness (QED) is 0.792. The van der Waals surface area contributed by atoms with E-state index in [0.717, 1.165) is 18.2 Å². The van der Waals surface area contributed by atoms with E-state index in [1.165, 1.54) is 18.5 Å². The van der Waals surface area contributed by atoms with E-state index in [4.69, 9.17) is 5.11 Å². The maximum absolute atomic E-state index is 10.4. The number of hydrogen-bond acceptors (Lipinski definition) is 2. The summed E-state index contributed by atoms with van der Waals surface area (Å²) in [5.41, 5.74) is 2.14. The van der Waals surface area contributed by atoms with Crippen LogP contribution in [0.5, 0.6) is 0 Å². The molecular formula is C14H17NO2. The molecule has 1 saturated carbocycles. The molecule has 0 aliphatic heterocycles. The first-order valence-corrected chi connectivity index (χ1v) is 5.98. The number of anilines is 1. The molecule has 0 spiro atoms. The molecule has 1 N–H and O–H groups in total. The first-order chi connectivity index (χ1) is 8.20. The first kappa shape index (κ1) is 11.7. The number of rotatable bonds is 5. The number of benzene rings is 1. The summed E-state index contributed by atoms with van der Waals surface area (Å²) in [5.74, 6) is -0.915. The summed E-state index contributed by atoms with van der Waals surface area (Å²) >= 11 is 0. The third kappa shape index (κ3) is 3.09. The zero-order valence-corrected chi connectivity index (χ0v) is 9.97. The van der Waals surface area contributed by atoms with Gasteiger partial charge in [0.15, 0.2) is 0 Å². The van der Waals surface area contributed by atoms with Crippen molar-refractivity contribution in [2.75, 3.05) is 11.4 Å². The van der Waals surface area contributed by atoms with Crippen molar-refractivity contribution in [3.8, 4) is 0 Å². The summed E-state index contributed by atoms with van der Waals surface area (Å²) in [5, 5.41) is 8.54. The van der Waals surface area contributed by atoms with Crippen LogP contribution in [-0.2, 0) is 4.79 Å². The van der Waals surface area contributed by atoms with E-state index in [-0.39, 0.29) is 0 Å². The van der Waals surface area contributed by atoms with Crippen LogP contribution in [0.2, 0.25) is 0 Å². The molecule has 90 valence electrons. The highest BCUT2D eigenvalue weighted by molar-refractivity contribution is 5.85. The second kappa shape index (κ2) is 5.04. The van der Waals surface area contributed by atoms with Gasteiger partial charge in [-0.25, -0.2) is 4.79 Å². The summed E-state index contributed by atoms with van der Waals surface area (Å²) in [4.78, 5) is 12.8. The standard InChI is InChI=1S/C14H17NO2/c1-2-15(13-8-9-13)12-6-3-11(4-7-12)5-10-14(16)17/h3-7,10,13H,2,8-9H2,1H3,(H,16,17)/b10-5+. The van der Waals surface area contributed by atoms with Gasteiger partial charge in [-0.2, -0.15) is 0 Å². The van der Waals surface area contributed by atoms with Gasteiger partial charge in [0.2, 0.25) is 0 Å². The van der Waals surface area contributed by atoms with Crippen molar-refractivity contribution in [2.24, 2.45) is 0 Å². The highest BCUT2D eigenvalue weighted by Crippen LogP contribution is 2.31. The second-order valence-corrected chi connectivity index (χ2v) is 4.28. The third-order valence-electron chi connectivity index (χ3n) is 2.97. The van der Waals surface area contributed by atoms with Gasteiger partial charge in [0.1, 0.15) is 0 Å². The van der Waals surface area contributed by atoms with Crippen molar-refractivity contribution >= 4 is 17.7 Å². The Morgan fingerprint density at radius 1 is 1.41 bits per heavy atom. The van der Waals surface area contributed by atoms with Gasteiger partial charge in [0, 0.05) is 24.4 Å². The fourth-order valence-electron chi connectivity index (χ4n) is 1.98. The summed E-state index contributed by atoms with van der Waals surface area (Å²) < 4.78 is 0. The van der Waals surface area contributed by atoms with Crippen LogP contribution in [0.4, 0.5) is 5.69 Å². The fourth-order valence-corrected chi connectivity index (χ4v) is 1.98. The lowest BCUT2D eigenvalue weighted by Crippen LogP contribution is -2.24. The highest BCUT2D eigenvalue weighted by atomic mass is 16.4. The lowest BCUT2D eigenvalue weighted by atomic mass is 10.2. The molecule has 0 aromatic heterocycles. The smallest absolute Gasteiger partial charge is 0.328 e. The normalized spacial score (nSPS) is 15.1. The number of carboxylic acid groups (broad SMARTS) is 1. The monoisotopic (exact) mass is 231 g/mol. The Balaban J connectivity index is 2.08. The summed E-state index contributed by atoms with van der Waals surface area (Å²) in [6.45, 7) is 3.19. The van der Waals surface area contributed by atoms with Crippen LogP contribution in [0, 0.1) is 0 Å². The lowest BCUT2D eigenvalue weighted by molar-refractivity contribution is -0.131. The minimum atomic E-state index is -0.915. The van der Waals surface area contributed by atoms with Crippen molar-refractivity contribution in [3.63, 3.8) is 0 Å². The minimum absolute atomic E-state index is 0.709. The van der Waals surface area contributed by atoms with Gasteiger partial charge in [-0.1, -0.05) is 12.1 Å². The molecule has 1 aliphatic rings. The molecule has 2 rings (SSSR count). The molecular weight excluding hydrogens is 214 g/mol. The molecule has 1 aromatic rings. The Morgan fingerprint density at radius 3 is 2.53 bits per heavy atom. The lowest BCUT2D eigenvalue weighted by Gasteiger charge is -2.22. The van der Waals surface area contributed by atoms with Gasteiger partial charge < -0.3 is 10.0 Å². The predicted molar refractivity (Wildman–Crippen MR) is 69.2 cm³/mol. The van der Waals surface area contributed by atoms with Crippen molar-refractivity contribution in [3.05, 3.63) is 35.9 Å². The molecule has 1 aromatic carbocycles. The average Bonchev–Trinajstić information content (AvgIpc) is 3.13. The summed E-state index contributed by atoms with van der Waals surface area (Å²) in [7, 11) is 0. The maximum Gasteiger partial charge on any atom is 0.328 e. The Hall–Kier alpha value is -1.77. The Morgan fingerprint density at radius 2 is 2.06 bits per heavy atom. The topological polar surface area (TPSA) is 40.5 Å². The summed E-state index contributed by atoms with van der Waals surface area (Å²) in [6, 6.07) is 8.74. The molecule has 0 atom stereocenters. The molecule has 0 unspecified atom stereocenters. The van der Waals surface area contributed by atoms with Crippen LogP contribution in [0.25, 0.3) is 6.08 Å². The van der Waals surface area contributed by atoms with Crippen molar-refractivity contribution in [1.29, 1.82) is 0 Å². The number of nitrogens with zero attached hydrogens (tertiary/aromatic N) is 1. The second-order valence-electron chi connectivity index (χ2n) is 4.28. The van der Waals surface area contributed by atoms with E-state index in [2.05, 4.69) is 24.0 Å². The minimum Gasteiger partial charge on any atom is -0.478 e. The average molecular weight is 231 g/mol. The molecule has 0 amide bonds. The van der Waals surface area contributed by atoms with Crippen LogP contribution >= 0.6 is 0 Å². The van der Waals surface area contributed by atoms with Gasteiger partial charge in [-0.05, 0) is 43.5 Å². The molecule has 0 saturated heterocycles. The molecule has 0 heterocycles. The van der Waals surface area contributed by atoms with Crippen LogP contribution in [0.3, 0.4) is 0 Å². The van der Waals surface area contributed by atoms with Crippen LogP contribution in [-0.4, -0.2) is 23.7 Å². The third-order valence-corrected chi connectivity index (χ3v) is 2.97. The summed E-state index contributed by atoms with van der Waals surface area (Å²) in [6.07, 6.45) is 5.34. The van der Waals surface area contributed by atoms with E-state index in [1.54, 1.807) is 6.08 Å². The van der Waals surface area contributed by atoms with Gasteiger partial charge in [-0.3, -0.25) is 0 Å². The first-order valence-electron chi connectivity index (χ1n) is 5.98.